The molecule has 0 saturated carbocycles. The van der Waals surface area contributed by atoms with Crippen LogP contribution in [0.4, 0.5) is 0 Å². The monoisotopic (exact) mass is 435 g/mol. The lowest BCUT2D eigenvalue weighted by Crippen LogP contribution is -2.29. The third kappa shape index (κ3) is 4.29. The molecule has 0 bridgehead atoms. The summed E-state index contributed by atoms with van der Waals surface area (Å²) in [5.41, 5.74) is 3.32. The van der Waals surface area contributed by atoms with Crippen LogP contribution < -0.4 is 0 Å². The summed E-state index contributed by atoms with van der Waals surface area (Å²) in [5.74, 6) is -1.13. The maximum absolute atomic E-state index is 12.7. The van der Waals surface area contributed by atoms with E-state index in [1.165, 1.54) is 16.7 Å². The molecule has 1 aromatic carbocycles. The number of carboxylic acids is 1. The number of aliphatic carboxylic acids is 1. The number of carboxylic acid groups (broad SMARTS) is 1. The highest BCUT2D eigenvalue weighted by Gasteiger charge is 2.32. The van der Waals surface area contributed by atoms with Gasteiger partial charge in [-0.15, -0.1) is 0 Å². The number of hydrogen-bond acceptors (Lipinski definition) is 5. The number of carbonyl (C=O) groups excluding carboxylic acids is 1. The van der Waals surface area contributed by atoms with Gasteiger partial charge in [0.25, 0.3) is 5.91 Å². The largest absolute Gasteiger partial charge is 0.481 e. The molecule has 1 amide bonds. The number of halogens is 1. The zero-order valence-electron chi connectivity index (χ0n) is 15.3. The second-order valence-electron chi connectivity index (χ2n) is 6.37. The summed E-state index contributed by atoms with van der Waals surface area (Å²) in [5, 5.41) is 13.7. The normalized spacial score (nSPS) is 15.7. The van der Waals surface area contributed by atoms with Gasteiger partial charge in [-0.3, -0.25) is 14.5 Å². The summed E-state index contributed by atoms with van der Waals surface area (Å²) in [6.07, 6.45) is 2.04. The van der Waals surface area contributed by atoms with Crippen molar-refractivity contribution in [2.24, 2.45) is 0 Å². The van der Waals surface area contributed by atoms with Gasteiger partial charge in [0, 0.05) is 18.5 Å². The number of aryl methyl sites for hydroxylation is 2. The molecular formula is C19H18ClN3O3S2. The van der Waals surface area contributed by atoms with Crippen LogP contribution in [-0.2, 0) is 9.59 Å². The second kappa shape index (κ2) is 8.46. The summed E-state index contributed by atoms with van der Waals surface area (Å²) < 4.78 is 2.05. The number of thiocarbonyl (C=S) groups is 1. The van der Waals surface area contributed by atoms with Crippen molar-refractivity contribution in [3.63, 3.8) is 0 Å². The number of rotatable bonds is 6. The average molecular weight is 436 g/mol. The maximum atomic E-state index is 12.7. The summed E-state index contributed by atoms with van der Waals surface area (Å²) in [6, 6.07) is 7.81. The minimum absolute atomic E-state index is 0.00956. The Morgan fingerprint density at radius 2 is 2.00 bits per heavy atom. The summed E-state index contributed by atoms with van der Waals surface area (Å²) in [7, 11) is 0. The lowest BCUT2D eigenvalue weighted by molar-refractivity contribution is -0.137. The van der Waals surface area contributed by atoms with Gasteiger partial charge in [0.15, 0.2) is 0 Å². The lowest BCUT2D eigenvalue weighted by atomic mass is 10.2. The van der Waals surface area contributed by atoms with Crippen LogP contribution >= 0.6 is 35.6 Å². The second-order valence-corrected chi connectivity index (χ2v) is 8.40. The quantitative estimate of drug-likeness (QED) is 0.541. The molecule has 3 rings (SSSR count). The van der Waals surface area contributed by atoms with Gasteiger partial charge < -0.3 is 5.11 Å². The van der Waals surface area contributed by atoms with E-state index in [9.17, 15) is 9.59 Å². The van der Waals surface area contributed by atoms with Gasteiger partial charge in [0.05, 0.1) is 16.3 Å². The third-order valence-corrected chi connectivity index (χ3v) is 5.99. The zero-order chi connectivity index (χ0) is 20.4. The topological polar surface area (TPSA) is 75.4 Å². The predicted octanol–water partition coefficient (Wildman–Crippen LogP) is 4.21. The molecule has 1 fully saturated rings. The van der Waals surface area contributed by atoms with Gasteiger partial charge >= 0.3 is 5.97 Å². The van der Waals surface area contributed by atoms with Crippen LogP contribution in [0.1, 0.15) is 29.7 Å². The molecule has 1 aliphatic heterocycles. The molecule has 0 aliphatic carbocycles. The van der Waals surface area contributed by atoms with E-state index in [0.29, 0.717) is 32.1 Å². The number of hydrogen-bond donors (Lipinski definition) is 1. The van der Waals surface area contributed by atoms with Crippen molar-refractivity contribution in [2.75, 3.05) is 6.54 Å². The molecule has 1 N–H and O–H groups in total. The van der Waals surface area contributed by atoms with Crippen molar-refractivity contribution in [3.8, 4) is 5.69 Å². The van der Waals surface area contributed by atoms with E-state index in [1.807, 2.05) is 38.1 Å². The molecule has 1 aromatic heterocycles. The molecule has 9 heteroatoms. The fourth-order valence-electron chi connectivity index (χ4n) is 2.74. The van der Waals surface area contributed by atoms with Crippen molar-refractivity contribution in [1.29, 1.82) is 0 Å². The summed E-state index contributed by atoms with van der Waals surface area (Å²) >= 11 is 13.0. The SMILES string of the molecule is Cc1ccc(-n2nc(C)c(/C=C3/SC(=S)N(CCCC(=O)O)C3=O)c2Cl)cc1. The van der Waals surface area contributed by atoms with Crippen LogP contribution in [0.15, 0.2) is 29.2 Å². The molecule has 1 saturated heterocycles. The van der Waals surface area contributed by atoms with E-state index in [1.54, 1.807) is 10.8 Å². The molecule has 0 unspecified atom stereocenters. The van der Waals surface area contributed by atoms with Crippen molar-refractivity contribution < 1.29 is 14.7 Å². The van der Waals surface area contributed by atoms with E-state index in [2.05, 4.69) is 5.10 Å². The summed E-state index contributed by atoms with van der Waals surface area (Å²) in [4.78, 5) is 25.2. The van der Waals surface area contributed by atoms with Gasteiger partial charge in [-0.2, -0.15) is 5.10 Å². The van der Waals surface area contributed by atoms with Gasteiger partial charge in [-0.25, -0.2) is 4.68 Å². The van der Waals surface area contributed by atoms with Crippen LogP contribution in [0.25, 0.3) is 11.8 Å². The Morgan fingerprint density at radius 3 is 2.64 bits per heavy atom. The van der Waals surface area contributed by atoms with Crippen molar-refractivity contribution in [3.05, 3.63) is 51.1 Å². The molecule has 2 aromatic rings. The van der Waals surface area contributed by atoms with Gasteiger partial charge in [-0.05, 0) is 38.5 Å². The highest BCUT2D eigenvalue weighted by atomic mass is 35.5. The van der Waals surface area contributed by atoms with Crippen LogP contribution in [0.2, 0.25) is 5.15 Å². The predicted molar refractivity (Wildman–Crippen MR) is 115 cm³/mol. The van der Waals surface area contributed by atoms with E-state index in [-0.39, 0.29) is 18.9 Å². The van der Waals surface area contributed by atoms with Crippen LogP contribution in [0, 0.1) is 13.8 Å². The summed E-state index contributed by atoms with van der Waals surface area (Å²) in [6.45, 7) is 4.11. The fraction of sp³-hybridized carbons (Fsp3) is 0.263. The van der Waals surface area contributed by atoms with E-state index >= 15 is 0 Å². The number of aromatic nitrogens is 2. The van der Waals surface area contributed by atoms with Crippen LogP contribution in [-0.4, -0.2) is 42.5 Å². The Labute approximate surface area is 177 Å². The molecule has 1 aliphatic rings. The van der Waals surface area contributed by atoms with E-state index in [0.717, 1.165) is 11.3 Å². The Kier molecular flexibility index (Phi) is 6.22. The van der Waals surface area contributed by atoms with E-state index in [4.69, 9.17) is 28.9 Å². The number of nitrogens with zero attached hydrogens (tertiary/aromatic N) is 3. The first kappa shape index (κ1) is 20.6. The van der Waals surface area contributed by atoms with Crippen LogP contribution in [0.5, 0.6) is 0 Å². The Morgan fingerprint density at radius 1 is 1.32 bits per heavy atom. The highest BCUT2D eigenvalue weighted by Crippen LogP contribution is 2.35. The first-order chi connectivity index (χ1) is 13.3. The minimum atomic E-state index is -0.896. The molecule has 2 heterocycles. The third-order valence-electron chi connectivity index (χ3n) is 4.25. The first-order valence-electron chi connectivity index (χ1n) is 8.57. The zero-order valence-corrected chi connectivity index (χ0v) is 17.7. The highest BCUT2D eigenvalue weighted by molar-refractivity contribution is 8.26. The fourth-order valence-corrected chi connectivity index (χ4v) is 4.36. The van der Waals surface area contributed by atoms with Gasteiger partial charge in [-0.1, -0.05) is 53.3 Å². The van der Waals surface area contributed by atoms with Gasteiger partial charge in [0.2, 0.25) is 0 Å². The number of thioether (sulfide) groups is 1. The Bertz CT molecular complexity index is 983. The molecule has 0 atom stereocenters. The van der Waals surface area contributed by atoms with Crippen LogP contribution in [0.3, 0.4) is 0 Å². The lowest BCUT2D eigenvalue weighted by Gasteiger charge is -2.13. The van der Waals surface area contributed by atoms with Crippen molar-refractivity contribution in [2.45, 2.75) is 26.7 Å². The molecule has 28 heavy (non-hydrogen) atoms. The van der Waals surface area contributed by atoms with Crippen molar-refractivity contribution in [1.82, 2.24) is 14.7 Å². The standard InChI is InChI=1S/C19H18ClN3O3S2/c1-11-5-7-13(8-6-11)23-17(20)14(12(2)21-23)10-15-18(26)22(19(27)28-15)9-3-4-16(24)25/h5-8,10H,3-4,9H2,1-2H3,(H,24,25)/b15-10+. The molecule has 6 nitrogen and oxygen atoms in total. The minimum Gasteiger partial charge on any atom is -0.481 e. The molecule has 0 spiro atoms. The smallest absolute Gasteiger partial charge is 0.303 e. The average Bonchev–Trinajstić information content (AvgIpc) is 3.07. The first-order valence-corrected chi connectivity index (χ1v) is 10.2. The molecule has 146 valence electrons. The maximum Gasteiger partial charge on any atom is 0.303 e. The number of carbonyl (C=O) groups is 2. The van der Waals surface area contributed by atoms with Gasteiger partial charge in [0.1, 0.15) is 9.47 Å². The van der Waals surface area contributed by atoms with E-state index < -0.39 is 5.97 Å². The number of amides is 1. The molecule has 0 radical (unpaired) electrons. The molecular weight excluding hydrogens is 418 g/mol. The van der Waals surface area contributed by atoms with Crippen molar-refractivity contribution >= 4 is 57.9 Å². The Hall–Kier alpha value is -2.16. The number of benzene rings is 1. The Balaban J connectivity index is 1.85.